The van der Waals surface area contributed by atoms with Crippen LogP contribution in [0.15, 0.2) is 22.9 Å². The number of thiazole rings is 1. The molecule has 25 heavy (non-hydrogen) atoms. The van der Waals surface area contributed by atoms with Crippen LogP contribution in [0, 0.1) is 0 Å². The molecular weight excluding hydrogens is 403 g/mol. The Labute approximate surface area is 167 Å². The van der Waals surface area contributed by atoms with E-state index in [1.54, 1.807) is 23.3 Å². The van der Waals surface area contributed by atoms with Gasteiger partial charge in [0.1, 0.15) is 0 Å². The highest BCUT2D eigenvalue weighted by molar-refractivity contribution is 7.14. The summed E-state index contributed by atoms with van der Waals surface area (Å²) >= 11 is 2.89. The van der Waals surface area contributed by atoms with E-state index in [1.807, 2.05) is 29.9 Å². The number of nitrogens with zero attached hydrogens (tertiary/aromatic N) is 2. The fourth-order valence-electron chi connectivity index (χ4n) is 1.87. The first-order valence-corrected chi connectivity index (χ1v) is 8.99. The molecule has 0 fully saturated rings. The van der Waals surface area contributed by atoms with Crippen molar-refractivity contribution in [3.05, 3.63) is 33.5 Å². The molecule has 0 bridgehead atoms. The highest BCUT2D eigenvalue weighted by atomic mass is 35.5. The van der Waals surface area contributed by atoms with Crippen LogP contribution >= 0.6 is 47.5 Å². The number of anilines is 1. The predicted molar refractivity (Wildman–Crippen MR) is 109 cm³/mol. The molecule has 0 aliphatic carbocycles. The molecule has 2 rings (SSSR count). The maximum Gasteiger partial charge on any atom is 0.231 e. The van der Waals surface area contributed by atoms with Crippen molar-refractivity contribution in [2.24, 2.45) is 0 Å². The van der Waals surface area contributed by atoms with E-state index in [2.05, 4.69) is 15.6 Å². The Bertz CT molecular complexity index is 650. The Morgan fingerprint density at radius 1 is 1.24 bits per heavy atom. The fourth-order valence-corrected chi connectivity index (χ4v) is 3.30. The SMILES string of the molecule is CNCCN(C)C(=O)Cc1csc(NC(=O)Cc2cccs2)n1.Cl.Cl. The van der Waals surface area contributed by atoms with Gasteiger partial charge in [-0.1, -0.05) is 6.07 Å². The minimum Gasteiger partial charge on any atom is -0.344 e. The Hall–Kier alpha value is -1.19. The number of carbonyl (C=O) groups is 2. The molecule has 0 spiro atoms. The van der Waals surface area contributed by atoms with Crippen LogP contribution in [0.4, 0.5) is 5.13 Å². The lowest BCUT2D eigenvalue weighted by atomic mass is 10.3. The van der Waals surface area contributed by atoms with Gasteiger partial charge >= 0.3 is 0 Å². The summed E-state index contributed by atoms with van der Waals surface area (Å²) in [5.74, 6) is -0.0761. The van der Waals surface area contributed by atoms with E-state index in [0.29, 0.717) is 23.8 Å². The van der Waals surface area contributed by atoms with E-state index in [9.17, 15) is 9.59 Å². The summed E-state index contributed by atoms with van der Waals surface area (Å²) in [7, 11) is 3.62. The van der Waals surface area contributed by atoms with Gasteiger partial charge in [0.2, 0.25) is 11.8 Å². The number of likely N-dealkylation sites (N-methyl/N-ethyl adjacent to an activating group) is 2. The Balaban J connectivity index is 0.00000288. The molecule has 0 aliphatic heterocycles. The number of hydrogen-bond acceptors (Lipinski definition) is 6. The van der Waals surface area contributed by atoms with Gasteiger partial charge in [0.15, 0.2) is 5.13 Å². The molecule has 140 valence electrons. The van der Waals surface area contributed by atoms with Gasteiger partial charge in [-0.15, -0.1) is 47.5 Å². The van der Waals surface area contributed by atoms with Crippen LogP contribution in [-0.2, 0) is 22.4 Å². The van der Waals surface area contributed by atoms with E-state index >= 15 is 0 Å². The van der Waals surface area contributed by atoms with Crippen LogP contribution in [0.5, 0.6) is 0 Å². The Kier molecular flexibility index (Phi) is 11.6. The van der Waals surface area contributed by atoms with E-state index in [0.717, 1.165) is 11.4 Å². The van der Waals surface area contributed by atoms with Crippen molar-refractivity contribution in [1.29, 1.82) is 0 Å². The van der Waals surface area contributed by atoms with Crippen molar-refractivity contribution >= 4 is 64.4 Å². The smallest absolute Gasteiger partial charge is 0.231 e. The number of thiophene rings is 1. The van der Waals surface area contributed by atoms with Crippen molar-refractivity contribution in [1.82, 2.24) is 15.2 Å². The summed E-state index contributed by atoms with van der Waals surface area (Å²) in [5, 5.41) is 10.1. The zero-order valence-electron chi connectivity index (χ0n) is 14.0. The lowest BCUT2D eigenvalue weighted by Crippen LogP contribution is -2.33. The molecule has 0 radical (unpaired) electrons. The van der Waals surface area contributed by atoms with Crippen LogP contribution in [0.25, 0.3) is 0 Å². The van der Waals surface area contributed by atoms with Gasteiger partial charge < -0.3 is 15.5 Å². The molecule has 0 aromatic carbocycles. The van der Waals surface area contributed by atoms with Gasteiger partial charge in [-0.05, 0) is 18.5 Å². The molecule has 0 saturated carbocycles. The highest BCUT2D eigenvalue weighted by Crippen LogP contribution is 2.17. The summed E-state index contributed by atoms with van der Waals surface area (Å²) in [6.45, 7) is 1.41. The molecule has 0 aliphatic rings. The Morgan fingerprint density at radius 3 is 2.64 bits per heavy atom. The van der Waals surface area contributed by atoms with Crippen LogP contribution in [0.3, 0.4) is 0 Å². The number of hydrogen-bond donors (Lipinski definition) is 2. The number of aromatic nitrogens is 1. The lowest BCUT2D eigenvalue weighted by molar-refractivity contribution is -0.129. The monoisotopic (exact) mass is 424 g/mol. The van der Waals surface area contributed by atoms with E-state index in [4.69, 9.17) is 0 Å². The molecule has 2 heterocycles. The normalized spacial score (nSPS) is 9.68. The van der Waals surface area contributed by atoms with Gasteiger partial charge in [0.05, 0.1) is 18.5 Å². The van der Waals surface area contributed by atoms with Crippen molar-refractivity contribution in [2.75, 3.05) is 32.5 Å². The van der Waals surface area contributed by atoms with Gasteiger partial charge in [-0.25, -0.2) is 4.98 Å². The van der Waals surface area contributed by atoms with Crippen LogP contribution in [0.2, 0.25) is 0 Å². The minimum absolute atomic E-state index is 0. The molecule has 2 amide bonds. The first kappa shape index (κ1) is 23.8. The van der Waals surface area contributed by atoms with E-state index < -0.39 is 0 Å². The van der Waals surface area contributed by atoms with Crippen molar-refractivity contribution < 1.29 is 9.59 Å². The zero-order valence-corrected chi connectivity index (χ0v) is 17.2. The second-order valence-corrected chi connectivity index (χ2v) is 6.93. The van der Waals surface area contributed by atoms with Crippen LogP contribution in [-0.4, -0.2) is 48.9 Å². The molecule has 10 heteroatoms. The van der Waals surface area contributed by atoms with Gasteiger partial charge in [-0.2, -0.15) is 0 Å². The number of halogens is 2. The molecule has 2 aromatic heterocycles. The average molecular weight is 425 g/mol. The average Bonchev–Trinajstić information content (AvgIpc) is 3.16. The second kappa shape index (κ2) is 12.2. The van der Waals surface area contributed by atoms with Gasteiger partial charge in [0, 0.05) is 30.4 Å². The summed E-state index contributed by atoms with van der Waals surface area (Å²) in [4.78, 5) is 31.0. The molecule has 0 unspecified atom stereocenters. The van der Waals surface area contributed by atoms with Crippen LogP contribution < -0.4 is 10.6 Å². The first-order chi connectivity index (χ1) is 11.1. The Morgan fingerprint density at radius 2 is 2.00 bits per heavy atom. The lowest BCUT2D eigenvalue weighted by Gasteiger charge is -2.15. The van der Waals surface area contributed by atoms with Crippen molar-refractivity contribution in [2.45, 2.75) is 12.8 Å². The number of amides is 2. The third-order valence-electron chi connectivity index (χ3n) is 3.17. The molecule has 0 saturated heterocycles. The van der Waals surface area contributed by atoms with E-state index in [-0.39, 0.29) is 43.0 Å². The maximum atomic E-state index is 12.0. The second-order valence-electron chi connectivity index (χ2n) is 5.04. The van der Waals surface area contributed by atoms with E-state index in [1.165, 1.54) is 11.3 Å². The van der Waals surface area contributed by atoms with Crippen molar-refractivity contribution in [3.63, 3.8) is 0 Å². The molecule has 6 nitrogen and oxygen atoms in total. The maximum absolute atomic E-state index is 12.0. The molecular formula is C15H22Cl2N4O2S2. The number of carbonyl (C=O) groups excluding carboxylic acids is 2. The summed E-state index contributed by atoms with van der Waals surface area (Å²) in [5.41, 5.74) is 0.683. The van der Waals surface area contributed by atoms with Crippen LogP contribution in [0.1, 0.15) is 10.6 Å². The standard InChI is InChI=1S/C15H20N4O2S2.2ClH/c1-16-5-6-19(2)14(21)8-11-10-23-15(17-11)18-13(20)9-12-4-3-7-22-12;;/h3-4,7,10,16H,5-6,8-9H2,1-2H3,(H,17,18,20);2*1H. The molecule has 0 atom stereocenters. The minimum atomic E-state index is -0.0918. The van der Waals surface area contributed by atoms with Crippen molar-refractivity contribution in [3.8, 4) is 0 Å². The van der Waals surface area contributed by atoms with Gasteiger partial charge in [0.25, 0.3) is 0 Å². The highest BCUT2D eigenvalue weighted by Gasteiger charge is 2.13. The van der Waals surface area contributed by atoms with Gasteiger partial charge in [-0.3, -0.25) is 9.59 Å². The predicted octanol–water partition coefficient (Wildman–Crippen LogP) is 2.45. The molecule has 2 N–H and O–H groups in total. The number of rotatable bonds is 8. The first-order valence-electron chi connectivity index (χ1n) is 7.23. The topological polar surface area (TPSA) is 74.3 Å². The number of nitrogens with one attached hydrogen (secondary N) is 2. The fraction of sp³-hybridized carbons (Fsp3) is 0.400. The largest absolute Gasteiger partial charge is 0.344 e. The quantitative estimate of drug-likeness (QED) is 0.682. The summed E-state index contributed by atoms with van der Waals surface area (Å²) in [6.07, 6.45) is 0.593. The summed E-state index contributed by atoms with van der Waals surface area (Å²) in [6, 6.07) is 3.85. The molecule has 2 aromatic rings. The zero-order chi connectivity index (χ0) is 16.7. The third-order valence-corrected chi connectivity index (χ3v) is 4.85. The third kappa shape index (κ3) is 8.15. The summed E-state index contributed by atoms with van der Waals surface area (Å²) < 4.78 is 0.